The number of fused-ring (bicyclic) bond motifs is 1. The minimum atomic E-state index is -0.0232. The molecule has 0 spiro atoms. The van der Waals surface area contributed by atoms with Crippen molar-refractivity contribution < 1.29 is 4.79 Å². The van der Waals surface area contributed by atoms with Crippen LogP contribution in [0.15, 0.2) is 30.5 Å². The largest absolute Gasteiger partial charge is 0.353 e. The van der Waals surface area contributed by atoms with Crippen molar-refractivity contribution in [3.63, 3.8) is 0 Å². The normalized spacial score (nSPS) is 11.9. The number of nitrogens with one attached hydrogen (secondary N) is 2. The van der Waals surface area contributed by atoms with E-state index in [-0.39, 0.29) is 30.9 Å². The Bertz CT molecular complexity index is 507. The van der Waals surface area contributed by atoms with Gasteiger partial charge in [-0.15, -0.1) is 12.4 Å². The second-order valence-electron chi connectivity index (χ2n) is 4.38. The lowest BCUT2D eigenvalue weighted by atomic mass is 10.3. The predicted octanol–water partition coefficient (Wildman–Crippen LogP) is 1.18. The van der Waals surface area contributed by atoms with Gasteiger partial charge in [-0.3, -0.25) is 9.48 Å². The van der Waals surface area contributed by atoms with E-state index in [0.29, 0.717) is 6.54 Å². The van der Waals surface area contributed by atoms with E-state index < -0.39 is 0 Å². The molecule has 1 aromatic carbocycles. The van der Waals surface area contributed by atoms with Crippen molar-refractivity contribution in [2.75, 3.05) is 13.6 Å². The average molecular weight is 283 g/mol. The summed E-state index contributed by atoms with van der Waals surface area (Å²) in [7, 11) is 1.87. The second kappa shape index (κ2) is 7.11. The summed E-state index contributed by atoms with van der Waals surface area (Å²) in [5, 5.41) is 11.3. The summed E-state index contributed by atoms with van der Waals surface area (Å²) in [6.07, 6.45) is 1.89. The average Bonchev–Trinajstić information content (AvgIpc) is 2.77. The first-order chi connectivity index (χ1) is 8.69. The number of likely N-dealkylation sites (N-methyl/N-ethyl adjacent to an activating group) is 1. The van der Waals surface area contributed by atoms with Crippen molar-refractivity contribution in [3.05, 3.63) is 30.5 Å². The molecular formula is C13H19ClN4O. The van der Waals surface area contributed by atoms with Gasteiger partial charge in [0.25, 0.3) is 0 Å². The molecule has 0 aliphatic heterocycles. The highest BCUT2D eigenvalue weighted by atomic mass is 35.5. The minimum Gasteiger partial charge on any atom is -0.353 e. The van der Waals surface area contributed by atoms with E-state index in [1.807, 2.05) is 44.4 Å². The van der Waals surface area contributed by atoms with E-state index in [4.69, 9.17) is 0 Å². The molecule has 0 saturated heterocycles. The van der Waals surface area contributed by atoms with E-state index in [2.05, 4.69) is 15.7 Å². The highest BCUT2D eigenvalue weighted by molar-refractivity contribution is 5.85. The first-order valence-corrected chi connectivity index (χ1v) is 6.05. The van der Waals surface area contributed by atoms with E-state index in [0.717, 1.165) is 10.9 Å². The van der Waals surface area contributed by atoms with Crippen LogP contribution in [-0.2, 0) is 11.3 Å². The van der Waals surface area contributed by atoms with Crippen LogP contribution in [0.4, 0.5) is 0 Å². The summed E-state index contributed by atoms with van der Waals surface area (Å²) in [6, 6.07) is 8.09. The van der Waals surface area contributed by atoms with Crippen LogP contribution < -0.4 is 10.6 Å². The Morgan fingerprint density at radius 1 is 1.42 bits per heavy atom. The fraction of sp³-hybridized carbons (Fsp3) is 0.385. The molecule has 19 heavy (non-hydrogen) atoms. The van der Waals surface area contributed by atoms with Crippen LogP contribution in [0.2, 0.25) is 0 Å². The lowest BCUT2D eigenvalue weighted by Gasteiger charge is -2.11. The van der Waals surface area contributed by atoms with Crippen LogP contribution in [0.3, 0.4) is 0 Å². The van der Waals surface area contributed by atoms with Gasteiger partial charge >= 0.3 is 0 Å². The fourth-order valence-electron chi connectivity index (χ4n) is 1.67. The third-order valence-corrected chi connectivity index (χ3v) is 2.86. The third-order valence-electron chi connectivity index (χ3n) is 2.86. The molecule has 0 bridgehead atoms. The van der Waals surface area contributed by atoms with Crippen LogP contribution in [-0.4, -0.2) is 35.3 Å². The maximum Gasteiger partial charge on any atom is 0.241 e. The van der Waals surface area contributed by atoms with E-state index in [1.165, 1.54) is 0 Å². The number of benzene rings is 1. The molecule has 0 saturated carbocycles. The zero-order valence-electron chi connectivity index (χ0n) is 11.1. The van der Waals surface area contributed by atoms with Crippen molar-refractivity contribution in [1.82, 2.24) is 20.4 Å². The Morgan fingerprint density at radius 2 is 2.16 bits per heavy atom. The van der Waals surface area contributed by atoms with Crippen LogP contribution in [0.1, 0.15) is 6.92 Å². The molecule has 1 heterocycles. The quantitative estimate of drug-likeness (QED) is 0.866. The molecule has 0 aliphatic rings. The van der Waals surface area contributed by atoms with Gasteiger partial charge in [0.15, 0.2) is 0 Å². The lowest BCUT2D eigenvalue weighted by molar-refractivity contribution is -0.121. The number of carbonyl (C=O) groups is 1. The molecule has 1 unspecified atom stereocenters. The summed E-state index contributed by atoms with van der Waals surface area (Å²) in [6.45, 7) is 2.89. The summed E-state index contributed by atoms with van der Waals surface area (Å²) in [5.41, 5.74) is 0.911. The fourth-order valence-corrected chi connectivity index (χ4v) is 1.67. The number of amides is 1. The van der Waals surface area contributed by atoms with Crippen molar-refractivity contribution in [2.45, 2.75) is 19.5 Å². The Kier molecular flexibility index (Phi) is 5.79. The van der Waals surface area contributed by atoms with Gasteiger partial charge in [0.1, 0.15) is 6.54 Å². The molecule has 0 aliphatic carbocycles. The van der Waals surface area contributed by atoms with Crippen LogP contribution in [0, 0.1) is 0 Å². The van der Waals surface area contributed by atoms with E-state index >= 15 is 0 Å². The predicted molar refractivity (Wildman–Crippen MR) is 78.5 cm³/mol. The van der Waals surface area contributed by atoms with Gasteiger partial charge in [0.2, 0.25) is 5.91 Å². The van der Waals surface area contributed by atoms with Crippen molar-refractivity contribution in [2.24, 2.45) is 0 Å². The van der Waals surface area contributed by atoms with Gasteiger partial charge < -0.3 is 10.6 Å². The maximum absolute atomic E-state index is 11.7. The number of hydrogen-bond acceptors (Lipinski definition) is 3. The standard InChI is InChI=1S/C13H18N4O.ClH/c1-10(14-2)7-15-13(18)9-17-8-11-5-3-4-6-12(11)16-17;/h3-6,8,10,14H,7,9H2,1-2H3,(H,15,18);1H. The van der Waals surface area contributed by atoms with E-state index in [9.17, 15) is 4.79 Å². The Labute approximate surface area is 118 Å². The van der Waals surface area contributed by atoms with Crippen molar-refractivity contribution >= 4 is 29.2 Å². The Hall–Kier alpha value is -1.59. The lowest BCUT2D eigenvalue weighted by Crippen LogP contribution is -2.38. The van der Waals surface area contributed by atoms with E-state index in [1.54, 1.807) is 4.68 Å². The molecule has 5 nitrogen and oxygen atoms in total. The van der Waals surface area contributed by atoms with Gasteiger partial charge in [-0.1, -0.05) is 18.2 Å². The topological polar surface area (TPSA) is 58.9 Å². The SMILES string of the molecule is CNC(C)CNC(=O)Cn1cc2ccccc2n1.Cl. The highest BCUT2D eigenvalue weighted by Gasteiger charge is 2.06. The molecule has 2 N–H and O–H groups in total. The highest BCUT2D eigenvalue weighted by Crippen LogP contribution is 2.10. The summed E-state index contributed by atoms with van der Waals surface area (Å²) in [5.74, 6) is -0.0232. The summed E-state index contributed by atoms with van der Waals surface area (Å²) < 4.78 is 1.67. The zero-order valence-corrected chi connectivity index (χ0v) is 11.9. The smallest absolute Gasteiger partial charge is 0.241 e. The number of aromatic nitrogens is 2. The van der Waals surface area contributed by atoms with Crippen LogP contribution in [0.5, 0.6) is 0 Å². The number of rotatable bonds is 5. The molecule has 0 radical (unpaired) electrons. The zero-order chi connectivity index (χ0) is 13.0. The molecule has 0 fully saturated rings. The monoisotopic (exact) mass is 282 g/mol. The van der Waals surface area contributed by atoms with Crippen molar-refractivity contribution in [3.8, 4) is 0 Å². The van der Waals surface area contributed by atoms with Gasteiger partial charge in [0.05, 0.1) is 5.52 Å². The number of hydrogen-bond donors (Lipinski definition) is 2. The van der Waals surface area contributed by atoms with Gasteiger partial charge in [-0.05, 0) is 20.0 Å². The molecule has 6 heteroatoms. The molecule has 1 atom stereocenters. The first kappa shape index (κ1) is 15.5. The first-order valence-electron chi connectivity index (χ1n) is 6.05. The molecule has 2 aromatic rings. The summed E-state index contributed by atoms with van der Waals surface area (Å²) >= 11 is 0. The Morgan fingerprint density at radius 3 is 2.84 bits per heavy atom. The number of nitrogens with zero attached hydrogens (tertiary/aromatic N) is 2. The van der Waals surface area contributed by atoms with Gasteiger partial charge in [-0.2, -0.15) is 5.10 Å². The van der Waals surface area contributed by atoms with Crippen LogP contribution >= 0.6 is 12.4 Å². The molecule has 1 amide bonds. The van der Waals surface area contributed by atoms with Crippen LogP contribution in [0.25, 0.3) is 10.9 Å². The number of carbonyl (C=O) groups excluding carboxylic acids is 1. The minimum absolute atomic E-state index is 0. The second-order valence-corrected chi connectivity index (χ2v) is 4.38. The number of halogens is 1. The van der Waals surface area contributed by atoms with Gasteiger partial charge in [0, 0.05) is 24.2 Å². The Balaban J connectivity index is 0.00000180. The van der Waals surface area contributed by atoms with Crippen molar-refractivity contribution in [1.29, 1.82) is 0 Å². The summed E-state index contributed by atoms with van der Waals surface area (Å²) in [4.78, 5) is 11.7. The third kappa shape index (κ3) is 4.22. The molecule has 2 rings (SSSR count). The molecule has 104 valence electrons. The molecular weight excluding hydrogens is 264 g/mol. The maximum atomic E-state index is 11.7. The molecule has 1 aromatic heterocycles. The van der Waals surface area contributed by atoms with Gasteiger partial charge in [-0.25, -0.2) is 0 Å².